The van der Waals surface area contributed by atoms with Crippen LogP contribution in [0.3, 0.4) is 0 Å². The van der Waals surface area contributed by atoms with Crippen LogP contribution in [-0.2, 0) is 14.8 Å². The SMILES string of the molecule is Cc1cccc(N(CCCC(=O)NC2CC(C)(C)Oc3ccc(C)cc32)S(C)(=O)=O)c1. The molecule has 2 aromatic rings. The van der Waals surface area contributed by atoms with E-state index in [1.807, 2.05) is 58.0 Å². The Morgan fingerprint density at radius 1 is 1.16 bits per heavy atom. The van der Waals surface area contributed by atoms with E-state index in [0.29, 0.717) is 18.5 Å². The average molecular weight is 445 g/mol. The van der Waals surface area contributed by atoms with Crippen molar-refractivity contribution in [3.05, 3.63) is 59.2 Å². The number of ether oxygens (including phenoxy) is 1. The fourth-order valence-corrected chi connectivity index (χ4v) is 4.98. The summed E-state index contributed by atoms with van der Waals surface area (Å²) in [6, 6.07) is 13.3. The van der Waals surface area contributed by atoms with Gasteiger partial charge in [0, 0.05) is 24.9 Å². The van der Waals surface area contributed by atoms with E-state index in [1.54, 1.807) is 6.07 Å². The maximum absolute atomic E-state index is 12.7. The maximum atomic E-state index is 12.7. The van der Waals surface area contributed by atoms with Crippen LogP contribution in [0.15, 0.2) is 42.5 Å². The van der Waals surface area contributed by atoms with Gasteiger partial charge in [0.1, 0.15) is 11.4 Å². The first kappa shape index (κ1) is 23.1. The van der Waals surface area contributed by atoms with E-state index >= 15 is 0 Å². The number of amides is 1. The number of nitrogens with zero attached hydrogens (tertiary/aromatic N) is 1. The molecule has 1 aliphatic heterocycles. The Hall–Kier alpha value is -2.54. The number of benzene rings is 2. The number of carbonyl (C=O) groups is 1. The van der Waals surface area contributed by atoms with Crippen molar-refractivity contribution in [3.63, 3.8) is 0 Å². The van der Waals surface area contributed by atoms with E-state index in [9.17, 15) is 13.2 Å². The summed E-state index contributed by atoms with van der Waals surface area (Å²) in [6.45, 7) is 8.22. The Labute approximate surface area is 185 Å². The van der Waals surface area contributed by atoms with Gasteiger partial charge in [-0.05, 0) is 57.9 Å². The smallest absolute Gasteiger partial charge is 0.232 e. The molecule has 2 aromatic carbocycles. The quantitative estimate of drug-likeness (QED) is 0.692. The summed E-state index contributed by atoms with van der Waals surface area (Å²) in [5, 5.41) is 3.13. The van der Waals surface area contributed by atoms with Crippen LogP contribution in [-0.4, -0.2) is 32.7 Å². The monoisotopic (exact) mass is 444 g/mol. The number of anilines is 1. The Balaban J connectivity index is 1.65. The number of sulfonamides is 1. The lowest BCUT2D eigenvalue weighted by Gasteiger charge is -2.38. The van der Waals surface area contributed by atoms with Crippen LogP contribution in [0.4, 0.5) is 5.69 Å². The number of nitrogens with one attached hydrogen (secondary N) is 1. The van der Waals surface area contributed by atoms with E-state index in [0.717, 1.165) is 22.4 Å². The van der Waals surface area contributed by atoms with Gasteiger partial charge < -0.3 is 10.1 Å². The fraction of sp³-hybridized carbons (Fsp3) is 0.458. The van der Waals surface area contributed by atoms with E-state index in [2.05, 4.69) is 11.4 Å². The molecule has 1 N–H and O–H groups in total. The van der Waals surface area contributed by atoms with Gasteiger partial charge in [0.05, 0.1) is 18.0 Å². The van der Waals surface area contributed by atoms with Crippen LogP contribution in [0, 0.1) is 13.8 Å². The number of rotatable bonds is 7. The average Bonchev–Trinajstić information content (AvgIpc) is 2.64. The molecule has 31 heavy (non-hydrogen) atoms. The molecule has 0 radical (unpaired) electrons. The zero-order valence-corrected chi connectivity index (χ0v) is 19.8. The molecule has 0 aliphatic carbocycles. The van der Waals surface area contributed by atoms with Crippen molar-refractivity contribution in [2.45, 2.75) is 58.6 Å². The maximum Gasteiger partial charge on any atom is 0.232 e. The van der Waals surface area contributed by atoms with Crippen molar-refractivity contribution in [3.8, 4) is 5.75 Å². The van der Waals surface area contributed by atoms with Gasteiger partial charge in [-0.25, -0.2) is 8.42 Å². The Kier molecular flexibility index (Phi) is 6.65. The number of fused-ring (bicyclic) bond motifs is 1. The zero-order chi connectivity index (χ0) is 22.8. The molecule has 6 nitrogen and oxygen atoms in total. The summed E-state index contributed by atoms with van der Waals surface area (Å²) in [5.41, 5.74) is 3.34. The molecule has 0 bridgehead atoms. The molecule has 0 aromatic heterocycles. The lowest BCUT2D eigenvalue weighted by atomic mass is 9.89. The molecule has 1 atom stereocenters. The third-order valence-corrected chi connectivity index (χ3v) is 6.61. The second kappa shape index (κ2) is 8.91. The zero-order valence-electron chi connectivity index (χ0n) is 18.9. The van der Waals surface area contributed by atoms with E-state index in [4.69, 9.17) is 4.74 Å². The van der Waals surface area contributed by atoms with Crippen LogP contribution in [0.25, 0.3) is 0 Å². The summed E-state index contributed by atoms with van der Waals surface area (Å²) in [6.07, 6.45) is 2.55. The van der Waals surface area contributed by atoms with Gasteiger partial charge in [-0.15, -0.1) is 0 Å². The Morgan fingerprint density at radius 2 is 1.87 bits per heavy atom. The predicted molar refractivity (Wildman–Crippen MR) is 124 cm³/mol. The Morgan fingerprint density at radius 3 is 2.55 bits per heavy atom. The molecule has 168 valence electrons. The third-order valence-electron chi connectivity index (χ3n) is 5.41. The number of hydrogen-bond donors (Lipinski definition) is 1. The summed E-state index contributed by atoms with van der Waals surface area (Å²) < 4.78 is 32.0. The highest BCUT2D eigenvalue weighted by Crippen LogP contribution is 2.39. The Bertz CT molecular complexity index is 1060. The first-order valence-corrected chi connectivity index (χ1v) is 12.4. The first-order chi connectivity index (χ1) is 14.4. The lowest BCUT2D eigenvalue weighted by Crippen LogP contribution is -2.41. The third kappa shape index (κ3) is 6.00. The topological polar surface area (TPSA) is 75.7 Å². The molecule has 0 spiro atoms. The van der Waals surface area contributed by atoms with Gasteiger partial charge in [0.15, 0.2) is 0 Å². The summed E-state index contributed by atoms with van der Waals surface area (Å²) in [7, 11) is -3.43. The molecule has 0 fully saturated rings. The van der Waals surface area contributed by atoms with Crippen LogP contribution < -0.4 is 14.4 Å². The largest absolute Gasteiger partial charge is 0.487 e. The molecule has 1 heterocycles. The van der Waals surface area contributed by atoms with Gasteiger partial charge in [-0.3, -0.25) is 9.10 Å². The lowest BCUT2D eigenvalue weighted by molar-refractivity contribution is -0.122. The van der Waals surface area contributed by atoms with Crippen molar-refractivity contribution in [1.82, 2.24) is 5.32 Å². The van der Waals surface area contributed by atoms with Crippen molar-refractivity contribution in [1.29, 1.82) is 0 Å². The van der Waals surface area contributed by atoms with Crippen molar-refractivity contribution < 1.29 is 17.9 Å². The number of carbonyl (C=O) groups excluding carboxylic acids is 1. The van der Waals surface area contributed by atoms with Gasteiger partial charge in [-0.1, -0.05) is 29.8 Å². The first-order valence-electron chi connectivity index (χ1n) is 10.6. The highest BCUT2D eigenvalue weighted by atomic mass is 32.2. The fourth-order valence-electron chi connectivity index (χ4n) is 4.02. The molecular weight excluding hydrogens is 412 g/mol. The highest BCUT2D eigenvalue weighted by Gasteiger charge is 2.34. The molecular formula is C24H32N2O4S. The molecule has 0 saturated carbocycles. The van der Waals surface area contributed by atoms with Crippen LogP contribution >= 0.6 is 0 Å². The number of aryl methyl sites for hydroxylation is 2. The molecule has 1 aliphatic rings. The molecule has 7 heteroatoms. The van der Waals surface area contributed by atoms with Crippen LogP contribution in [0.5, 0.6) is 5.75 Å². The van der Waals surface area contributed by atoms with Crippen molar-refractivity contribution >= 4 is 21.6 Å². The summed E-state index contributed by atoms with van der Waals surface area (Å²) in [4.78, 5) is 12.7. The van der Waals surface area contributed by atoms with E-state index in [1.165, 1.54) is 10.6 Å². The molecule has 3 rings (SSSR count). The van der Waals surface area contributed by atoms with E-state index < -0.39 is 10.0 Å². The summed E-state index contributed by atoms with van der Waals surface area (Å²) in [5.74, 6) is 0.711. The molecule has 1 amide bonds. The van der Waals surface area contributed by atoms with Crippen LogP contribution in [0.2, 0.25) is 0 Å². The second-order valence-corrected chi connectivity index (χ2v) is 10.9. The number of hydrogen-bond acceptors (Lipinski definition) is 4. The van der Waals surface area contributed by atoms with Gasteiger partial charge in [0.25, 0.3) is 0 Å². The normalized spacial score (nSPS) is 17.4. The van der Waals surface area contributed by atoms with Crippen molar-refractivity contribution in [2.24, 2.45) is 0 Å². The summed E-state index contributed by atoms with van der Waals surface area (Å²) >= 11 is 0. The minimum absolute atomic E-state index is 0.0900. The predicted octanol–water partition coefficient (Wildman–Crippen LogP) is 4.27. The highest BCUT2D eigenvalue weighted by molar-refractivity contribution is 7.92. The van der Waals surface area contributed by atoms with E-state index in [-0.39, 0.29) is 30.5 Å². The minimum atomic E-state index is -3.43. The molecule has 1 unspecified atom stereocenters. The standard InChI is InChI=1S/C24H32N2O4S/c1-17-8-6-9-19(14-17)26(31(5,28)29)13-7-10-23(27)25-21-16-24(3,4)30-22-12-11-18(2)15-20(21)22/h6,8-9,11-12,14-15,21H,7,10,13,16H2,1-5H3,(H,25,27). The van der Waals surface area contributed by atoms with Crippen molar-refractivity contribution in [2.75, 3.05) is 17.1 Å². The van der Waals surface area contributed by atoms with Crippen LogP contribution in [0.1, 0.15) is 55.8 Å². The molecule has 0 saturated heterocycles. The van der Waals surface area contributed by atoms with Gasteiger partial charge >= 0.3 is 0 Å². The van der Waals surface area contributed by atoms with Gasteiger partial charge in [0.2, 0.25) is 15.9 Å². The minimum Gasteiger partial charge on any atom is -0.487 e. The van der Waals surface area contributed by atoms with Gasteiger partial charge in [-0.2, -0.15) is 0 Å². The second-order valence-electron chi connectivity index (χ2n) is 9.00.